The molecule has 0 saturated heterocycles. The van der Waals surface area contributed by atoms with Gasteiger partial charge in [0.2, 0.25) is 0 Å². The van der Waals surface area contributed by atoms with Gasteiger partial charge in [-0.15, -0.1) is 0 Å². The molecule has 1 N–H and O–H groups in total. The van der Waals surface area contributed by atoms with Crippen molar-refractivity contribution in [1.82, 2.24) is 5.32 Å². The van der Waals surface area contributed by atoms with Gasteiger partial charge >= 0.3 is 0 Å². The van der Waals surface area contributed by atoms with Crippen molar-refractivity contribution in [3.63, 3.8) is 0 Å². The summed E-state index contributed by atoms with van der Waals surface area (Å²) in [7, 11) is 2.06. The van der Waals surface area contributed by atoms with Gasteiger partial charge in [0.25, 0.3) is 0 Å². The third-order valence-corrected chi connectivity index (χ3v) is 5.42. The number of benzene rings is 1. The molecule has 1 nitrogen and oxygen atoms in total. The van der Waals surface area contributed by atoms with Crippen molar-refractivity contribution in [1.29, 1.82) is 0 Å². The molecule has 2 rings (SSSR count). The number of nitrogens with one attached hydrogen (secondary N) is 1. The summed E-state index contributed by atoms with van der Waals surface area (Å²) < 4.78 is 0. The minimum atomic E-state index is 0.340. The second kappa shape index (κ2) is 5.40. The van der Waals surface area contributed by atoms with E-state index < -0.39 is 0 Å². The van der Waals surface area contributed by atoms with Crippen LogP contribution in [0, 0.1) is 5.41 Å². The summed E-state index contributed by atoms with van der Waals surface area (Å²) in [6, 6.07) is 6.51. The van der Waals surface area contributed by atoms with Crippen molar-refractivity contribution < 1.29 is 0 Å². The molecule has 1 saturated carbocycles. The van der Waals surface area contributed by atoms with Crippen LogP contribution in [0.5, 0.6) is 0 Å². The van der Waals surface area contributed by atoms with Gasteiger partial charge in [-0.25, -0.2) is 0 Å². The number of halogens is 2. The van der Waals surface area contributed by atoms with Gasteiger partial charge in [0.15, 0.2) is 0 Å². The maximum absolute atomic E-state index is 6.36. The zero-order chi connectivity index (χ0) is 13.3. The molecular weight excluding hydrogens is 265 g/mol. The average molecular weight is 286 g/mol. The van der Waals surface area contributed by atoms with Gasteiger partial charge < -0.3 is 5.32 Å². The first-order valence-corrected chi connectivity index (χ1v) is 7.46. The Labute approximate surface area is 120 Å². The Morgan fingerprint density at radius 1 is 1.28 bits per heavy atom. The Morgan fingerprint density at radius 2 is 1.94 bits per heavy atom. The molecule has 1 fully saturated rings. The van der Waals surface area contributed by atoms with Gasteiger partial charge in [-0.3, -0.25) is 0 Å². The van der Waals surface area contributed by atoms with E-state index >= 15 is 0 Å². The minimum Gasteiger partial charge on any atom is -0.316 e. The Balaban J connectivity index is 2.34. The van der Waals surface area contributed by atoms with Gasteiger partial charge in [-0.2, -0.15) is 0 Å². The fraction of sp³-hybridized carbons (Fsp3) is 0.600. The average Bonchev–Trinajstić information content (AvgIpc) is 2.33. The lowest BCUT2D eigenvalue weighted by molar-refractivity contribution is 0.0246. The van der Waals surface area contributed by atoms with Crippen LogP contribution in [0.2, 0.25) is 10.0 Å². The van der Waals surface area contributed by atoms with E-state index in [-0.39, 0.29) is 0 Å². The quantitative estimate of drug-likeness (QED) is 0.832. The maximum atomic E-state index is 6.36. The van der Waals surface area contributed by atoms with Crippen molar-refractivity contribution in [3.05, 3.63) is 33.8 Å². The summed E-state index contributed by atoms with van der Waals surface area (Å²) in [5.41, 5.74) is 1.60. The molecule has 1 aromatic rings. The molecule has 0 aliphatic heterocycles. The van der Waals surface area contributed by atoms with Crippen LogP contribution in [0.25, 0.3) is 0 Å². The van der Waals surface area contributed by atoms with Gasteiger partial charge in [-0.05, 0) is 55.3 Å². The lowest BCUT2D eigenvalue weighted by Gasteiger charge is -2.56. The van der Waals surface area contributed by atoms with Crippen LogP contribution < -0.4 is 5.32 Å². The first kappa shape index (κ1) is 14.2. The summed E-state index contributed by atoms with van der Waals surface area (Å²) in [6.45, 7) is 4.56. The normalized spacial score (nSPS) is 25.8. The van der Waals surface area contributed by atoms with E-state index in [1.54, 1.807) is 0 Å². The molecule has 0 amide bonds. The number of hydrogen-bond donors (Lipinski definition) is 1. The van der Waals surface area contributed by atoms with E-state index in [0.29, 0.717) is 22.4 Å². The van der Waals surface area contributed by atoms with Gasteiger partial charge in [0.05, 0.1) is 0 Å². The van der Waals surface area contributed by atoms with Crippen molar-refractivity contribution in [2.75, 3.05) is 7.05 Å². The predicted molar refractivity (Wildman–Crippen MR) is 79.7 cm³/mol. The molecule has 0 radical (unpaired) electrons. The van der Waals surface area contributed by atoms with Crippen molar-refractivity contribution >= 4 is 23.2 Å². The Kier molecular flexibility index (Phi) is 4.25. The molecule has 18 heavy (non-hydrogen) atoms. The Hall–Kier alpha value is -0.240. The summed E-state index contributed by atoms with van der Waals surface area (Å²) in [4.78, 5) is 0. The second-order valence-electron chi connectivity index (χ2n) is 5.24. The van der Waals surface area contributed by atoms with E-state index in [1.165, 1.54) is 24.8 Å². The first-order chi connectivity index (χ1) is 8.58. The van der Waals surface area contributed by atoms with E-state index in [0.717, 1.165) is 5.02 Å². The zero-order valence-electron chi connectivity index (χ0n) is 11.3. The predicted octanol–water partition coefficient (Wildman–Crippen LogP) is 4.88. The standard InChI is InChI=1S/C15H21Cl2N/c1-4-15(5-2)12(9-14(15)18-3)11-7-6-10(16)8-13(11)17/h6-8,12,14,18H,4-5,9H2,1-3H3. The molecule has 1 aliphatic rings. The SMILES string of the molecule is CCC1(CC)C(NC)CC1c1ccc(Cl)cc1Cl. The molecule has 1 aliphatic carbocycles. The number of rotatable bonds is 4. The molecule has 0 heterocycles. The number of hydrogen-bond acceptors (Lipinski definition) is 1. The molecular formula is C15H21Cl2N. The maximum Gasteiger partial charge on any atom is 0.0455 e. The van der Waals surface area contributed by atoms with Crippen LogP contribution in [0.3, 0.4) is 0 Å². The third-order valence-electron chi connectivity index (χ3n) is 4.86. The van der Waals surface area contributed by atoms with Crippen molar-refractivity contribution in [3.8, 4) is 0 Å². The second-order valence-corrected chi connectivity index (χ2v) is 6.08. The van der Waals surface area contributed by atoms with Crippen LogP contribution in [0.15, 0.2) is 18.2 Å². The van der Waals surface area contributed by atoms with Gasteiger partial charge in [-0.1, -0.05) is 43.1 Å². The monoisotopic (exact) mass is 285 g/mol. The van der Waals surface area contributed by atoms with Gasteiger partial charge in [0.1, 0.15) is 0 Å². The summed E-state index contributed by atoms with van der Waals surface area (Å²) in [6.07, 6.45) is 3.52. The van der Waals surface area contributed by atoms with E-state index in [4.69, 9.17) is 23.2 Å². The molecule has 1 aromatic carbocycles. The molecule has 0 spiro atoms. The minimum absolute atomic E-state index is 0.340. The lowest BCUT2D eigenvalue weighted by Crippen LogP contribution is -2.57. The van der Waals surface area contributed by atoms with Crippen molar-refractivity contribution in [2.24, 2.45) is 5.41 Å². The highest BCUT2D eigenvalue weighted by Crippen LogP contribution is 2.58. The molecule has 0 bridgehead atoms. The van der Waals surface area contributed by atoms with Crippen LogP contribution in [-0.4, -0.2) is 13.1 Å². The molecule has 2 atom stereocenters. The van der Waals surface area contributed by atoms with Crippen LogP contribution >= 0.6 is 23.2 Å². The van der Waals surface area contributed by atoms with E-state index in [9.17, 15) is 0 Å². The van der Waals surface area contributed by atoms with Crippen molar-refractivity contribution in [2.45, 2.75) is 45.1 Å². The topological polar surface area (TPSA) is 12.0 Å². The fourth-order valence-electron chi connectivity index (χ4n) is 3.65. The van der Waals surface area contributed by atoms with Crippen LogP contribution in [0.1, 0.15) is 44.6 Å². The van der Waals surface area contributed by atoms with Crippen LogP contribution in [-0.2, 0) is 0 Å². The first-order valence-electron chi connectivity index (χ1n) is 6.71. The summed E-state index contributed by atoms with van der Waals surface area (Å²) in [5.74, 6) is 0.551. The third kappa shape index (κ3) is 2.07. The molecule has 2 unspecified atom stereocenters. The largest absolute Gasteiger partial charge is 0.316 e. The Morgan fingerprint density at radius 3 is 2.44 bits per heavy atom. The van der Waals surface area contributed by atoms with Crippen LogP contribution in [0.4, 0.5) is 0 Å². The molecule has 3 heteroatoms. The highest BCUT2D eigenvalue weighted by Gasteiger charge is 2.52. The van der Waals surface area contributed by atoms with E-state index in [2.05, 4.69) is 32.3 Å². The summed E-state index contributed by atoms with van der Waals surface area (Å²) in [5, 5.41) is 4.98. The summed E-state index contributed by atoms with van der Waals surface area (Å²) >= 11 is 12.3. The van der Waals surface area contributed by atoms with Gasteiger partial charge in [0, 0.05) is 16.1 Å². The zero-order valence-corrected chi connectivity index (χ0v) is 12.8. The molecule has 0 aromatic heterocycles. The molecule has 100 valence electrons. The fourth-order valence-corrected chi connectivity index (χ4v) is 4.19. The lowest BCUT2D eigenvalue weighted by atomic mass is 9.52. The smallest absolute Gasteiger partial charge is 0.0455 e. The highest BCUT2D eigenvalue weighted by molar-refractivity contribution is 6.35. The Bertz CT molecular complexity index is 427. The van der Waals surface area contributed by atoms with E-state index in [1.807, 2.05) is 12.1 Å². The highest BCUT2D eigenvalue weighted by atomic mass is 35.5.